The van der Waals surface area contributed by atoms with Crippen molar-refractivity contribution in [2.24, 2.45) is 5.92 Å². The molecule has 0 atom stereocenters. The standard InChI is InChI=1S/C14H23NS/c1-4-8-16-14-7-5-6-13(9-14)11-15-10-12(2)3/h5-7,9,12,15H,4,8,10-11H2,1-3H3. The lowest BCUT2D eigenvalue weighted by Crippen LogP contribution is -2.18. The van der Waals surface area contributed by atoms with Gasteiger partial charge in [-0.05, 0) is 42.3 Å². The summed E-state index contributed by atoms with van der Waals surface area (Å²) in [5, 5.41) is 3.48. The Morgan fingerprint density at radius 3 is 2.81 bits per heavy atom. The third-order valence-corrected chi connectivity index (χ3v) is 3.45. The molecular weight excluding hydrogens is 214 g/mol. The number of thioether (sulfide) groups is 1. The highest BCUT2D eigenvalue weighted by Gasteiger charge is 1.97. The molecule has 0 amide bonds. The van der Waals surface area contributed by atoms with Gasteiger partial charge in [-0.3, -0.25) is 0 Å². The van der Waals surface area contributed by atoms with Gasteiger partial charge in [0, 0.05) is 11.4 Å². The van der Waals surface area contributed by atoms with E-state index in [9.17, 15) is 0 Å². The van der Waals surface area contributed by atoms with Crippen LogP contribution in [0.3, 0.4) is 0 Å². The van der Waals surface area contributed by atoms with Gasteiger partial charge in [-0.2, -0.15) is 0 Å². The number of rotatable bonds is 7. The van der Waals surface area contributed by atoms with Gasteiger partial charge in [0.2, 0.25) is 0 Å². The fourth-order valence-electron chi connectivity index (χ4n) is 1.47. The third kappa shape index (κ3) is 5.57. The van der Waals surface area contributed by atoms with Crippen LogP contribution in [-0.2, 0) is 6.54 Å². The van der Waals surface area contributed by atoms with Gasteiger partial charge in [0.15, 0.2) is 0 Å². The topological polar surface area (TPSA) is 12.0 Å². The number of nitrogens with one attached hydrogen (secondary N) is 1. The molecule has 1 rings (SSSR count). The van der Waals surface area contributed by atoms with Crippen LogP contribution in [0.1, 0.15) is 32.8 Å². The van der Waals surface area contributed by atoms with E-state index in [0.29, 0.717) is 0 Å². The number of hydrogen-bond donors (Lipinski definition) is 1. The summed E-state index contributed by atoms with van der Waals surface area (Å²) in [6.45, 7) is 8.77. The van der Waals surface area contributed by atoms with Gasteiger partial charge in [0.25, 0.3) is 0 Å². The summed E-state index contributed by atoms with van der Waals surface area (Å²) in [4.78, 5) is 1.39. The predicted octanol–water partition coefficient (Wildman–Crippen LogP) is 3.93. The van der Waals surface area contributed by atoms with Crippen LogP contribution in [0.2, 0.25) is 0 Å². The molecule has 0 aliphatic heterocycles. The van der Waals surface area contributed by atoms with Gasteiger partial charge in [0.05, 0.1) is 0 Å². The minimum atomic E-state index is 0.720. The molecule has 0 aromatic heterocycles. The molecule has 0 fully saturated rings. The second kappa shape index (κ2) is 7.75. The van der Waals surface area contributed by atoms with Gasteiger partial charge < -0.3 is 5.32 Å². The van der Waals surface area contributed by atoms with E-state index in [2.05, 4.69) is 50.4 Å². The third-order valence-electron chi connectivity index (χ3n) is 2.25. The van der Waals surface area contributed by atoms with Crippen molar-refractivity contribution in [2.45, 2.75) is 38.6 Å². The van der Waals surface area contributed by atoms with Crippen molar-refractivity contribution in [1.82, 2.24) is 5.32 Å². The lowest BCUT2D eigenvalue weighted by molar-refractivity contribution is 0.552. The molecule has 0 unspecified atom stereocenters. The zero-order valence-corrected chi connectivity index (χ0v) is 11.4. The van der Waals surface area contributed by atoms with Crippen molar-refractivity contribution < 1.29 is 0 Å². The summed E-state index contributed by atoms with van der Waals surface area (Å²) in [6, 6.07) is 8.85. The Bertz CT molecular complexity index is 297. The van der Waals surface area contributed by atoms with Gasteiger partial charge >= 0.3 is 0 Å². The largest absolute Gasteiger partial charge is 0.312 e. The Morgan fingerprint density at radius 1 is 1.31 bits per heavy atom. The molecule has 0 bridgehead atoms. The first-order valence-corrected chi connectivity index (χ1v) is 7.13. The minimum Gasteiger partial charge on any atom is -0.312 e. The minimum absolute atomic E-state index is 0.720. The molecule has 0 heterocycles. The van der Waals surface area contributed by atoms with E-state index >= 15 is 0 Å². The Hall–Kier alpha value is -0.470. The maximum Gasteiger partial charge on any atom is 0.0206 e. The van der Waals surface area contributed by atoms with E-state index < -0.39 is 0 Å². The van der Waals surface area contributed by atoms with Crippen molar-refractivity contribution in [2.75, 3.05) is 12.3 Å². The molecule has 0 spiro atoms. The smallest absolute Gasteiger partial charge is 0.0206 e. The zero-order valence-electron chi connectivity index (χ0n) is 10.6. The molecule has 0 aliphatic rings. The van der Waals surface area contributed by atoms with Gasteiger partial charge in [-0.1, -0.05) is 32.9 Å². The zero-order chi connectivity index (χ0) is 11.8. The Balaban J connectivity index is 2.40. The average Bonchev–Trinajstić information content (AvgIpc) is 2.26. The number of benzene rings is 1. The molecule has 1 N–H and O–H groups in total. The highest BCUT2D eigenvalue weighted by Crippen LogP contribution is 2.19. The van der Waals surface area contributed by atoms with Crippen molar-refractivity contribution in [3.8, 4) is 0 Å². The molecule has 1 nitrogen and oxygen atoms in total. The van der Waals surface area contributed by atoms with E-state index in [1.54, 1.807) is 0 Å². The molecule has 0 saturated heterocycles. The number of hydrogen-bond acceptors (Lipinski definition) is 2. The summed E-state index contributed by atoms with van der Waals surface area (Å²) >= 11 is 1.95. The first-order valence-electron chi connectivity index (χ1n) is 6.14. The highest BCUT2D eigenvalue weighted by molar-refractivity contribution is 7.99. The Morgan fingerprint density at radius 2 is 2.12 bits per heavy atom. The SMILES string of the molecule is CCCSc1cccc(CNCC(C)C)c1. The van der Waals surface area contributed by atoms with Crippen LogP contribution in [0.25, 0.3) is 0 Å². The normalized spacial score (nSPS) is 11.0. The first-order chi connectivity index (χ1) is 7.72. The van der Waals surface area contributed by atoms with E-state index in [0.717, 1.165) is 19.0 Å². The van der Waals surface area contributed by atoms with Crippen molar-refractivity contribution >= 4 is 11.8 Å². The van der Waals surface area contributed by atoms with E-state index in [1.807, 2.05) is 11.8 Å². The average molecular weight is 237 g/mol. The Labute approximate surface area is 104 Å². The molecule has 0 saturated carbocycles. The predicted molar refractivity (Wildman–Crippen MR) is 74.0 cm³/mol. The van der Waals surface area contributed by atoms with Gasteiger partial charge in [0.1, 0.15) is 0 Å². The summed E-state index contributed by atoms with van der Waals surface area (Å²) in [6.07, 6.45) is 1.24. The van der Waals surface area contributed by atoms with E-state index in [1.165, 1.54) is 22.6 Å². The Kier molecular flexibility index (Phi) is 6.58. The summed E-state index contributed by atoms with van der Waals surface area (Å²) in [5.41, 5.74) is 1.39. The van der Waals surface area contributed by atoms with Gasteiger partial charge in [-0.15, -0.1) is 11.8 Å². The van der Waals surface area contributed by atoms with Crippen LogP contribution in [0, 0.1) is 5.92 Å². The van der Waals surface area contributed by atoms with Gasteiger partial charge in [-0.25, -0.2) is 0 Å². The summed E-state index contributed by atoms with van der Waals surface area (Å²) < 4.78 is 0. The fraction of sp³-hybridized carbons (Fsp3) is 0.571. The monoisotopic (exact) mass is 237 g/mol. The van der Waals surface area contributed by atoms with Crippen molar-refractivity contribution in [3.63, 3.8) is 0 Å². The maximum absolute atomic E-state index is 3.48. The quantitative estimate of drug-likeness (QED) is 0.721. The molecular formula is C14H23NS. The van der Waals surface area contributed by atoms with E-state index in [-0.39, 0.29) is 0 Å². The first kappa shape index (κ1) is 13.6. The molecule has 2 heteroatoms. The second-order valence-corrected chi connectivity index (χ2v) is 5.69. The maximum atomic E-state index is 3.48. The summed E-state index contributed by atoms with van der Waals surface area (Å²) in [5.74, 6) is 1.93. The van der Waals surface area contributed by atoms with Crippen molar-refractivity contribution in [1.29, 1.82) is 0 Å². The second-order valence-electron chi connectivity index (χ2n) is 4.52. The van der Waals surface area contributed by atoms with Crippen molar-refractivity contribution in [3.05, 3.63) is 29.8 Å². The molecule has 0 radical (unpaired) electrons. The van der Waals surface area contributed by atoms with Crippen LogP contribution < -0.4 is 5.32 Å². The van der Waals surface area contributed by atoms with Crippen LogP contribution in [0.5, 0.6) is 0 Å². The molecule has 90 valence electrons. The van der Waals surface area contributed by atoms with E-state index in [4.69, 9.17) is 0 Å². The summed E-state index contributed by atoms with van der Waals surface area (Å²) in [7, 11) is 0. The fourth-order valence-corrected chi connectivity index (χ4v) is 2.32. The van der Waals surface area contributed by atoms with Crippen LogP contribution >= 0.6 is 11.8 Å². The molecule has 0 aliphatic carbocycles. The lowest BCUT2D eigenvalue weighted by Gasteiger charge is -2.08. The van der Waals surface area contributed by atoms with Crippen LogP contribution in [0.4, 0.5) is 0 Å². The van der Waals surface area contributed by atoms with Crippen LogP contribution in [0.15, 0.2) is 29.2 Å². The molecule has 1 aromatic rings. The molecule has 16 heavy (non-hydrogen) atoms. The lowest BCUT2D eigenvalue weighted by atomic mass is 10.2. The highest BCUT2D eigenvalue weighted by atomic mass is 32.2. The van der Waals surface area contributed by atoms with Crippen LogP contribution in [-0.4, -0.2) is 12.3 Å². The molecule has 1 aromatic carbocycles.